The van der Waals surface area contributed by atoms with Crippen molar-refractivity contribution in [2.45, 2.75) is 33.2 Å². The van der Waals surface area contributed by atoms with Gasteiger partial charge in [0.05, 0.1) is 11.7 Å². The largest absolute Gasteiger partial charge is 0.370 e. The summed E-state index contributed by atoms with van der Waals surface area (Å²) in [5, 5.41) is 8.04. The number of anilines is 1. The molecule has 0 bridgehead atoms. The highest BCUT2D eigenvalue weighted by molar-refractivity contribution is 5.42. The van der Waals surface area contributed by atoms with Crippen LogP contribution in [-0.4, -0.2) is 16.3 Å². The Bertz CT molecular complexity index is 563. The minimum Gasteiger partial charge on any atom is -0.370 e. The normalized spacial score (nSPS) is 18.3. The lowest BCUT2D eigenvalue weighted by Crippen LogP contribution is -2.24. The Labute approximate surface area is 108 Å². The first-order chi connectivity index (χ1) is 8.63. The molecule has 2 aromatic rings. The van der Waals surface area contributed by atoms with Gasteiger partial charge in [-0.3, -0.25) is 0 Å². The molecule has 1 aliphatic heterocycles. The third-order valence-corrected chi connectivity index (χ3v) is 3.51. The van der Waals surface area contributed by atoms with E-state index >= 15 is 0 Å². The van der Waals surface area contributed by atoms with Gasteiger partial charge in [-0.05, 0) is 32.8 Å². The fraction of sp³-hybridized carbons (Fsp3) is 0.400. The number of nitrogens with one attached hydrogen (secondary N) is 1. The highest BCUT2D eigenvalue weighted by Crippen LogP contribution is 2.30. The second kappa shape index (κ2) is 4.16. The Morgan fingerprint density at radius 1 is 1.11 bits per heavy atom. The van der Waals surface area contributed by atoms with E-state index in [0.717, 1.165) is 24.5 Å². The maximum atomic E-state index is 4.62. The molecule has 94 valence electrons. The minimum absolute atomic E-state index is 0.369. The SMILES string of the molecule is Cc1cc(C)cc(C2CCNc3cc(C)nn32)c1. The molecule has 1 unspecified atom stereocenters. The van der Waals surface area contributed by atoms with Gasteiger partial charge in [0, 0.05) is 12.6 Å². The molecular formula is C15H19N3. The van der Waals surface area contributed by atoms with Gasteiger partial charge in [-0.1, -0.05) is 29.3 Å². The van der Waals surface area contributed by atoms with Crippen LogP contribution in [0, 0.1) is 20.8 Å². The fourth-order valence-electron chi connectivity index (χ4n) is 2.86. The van der Waals surface area contributed by atoms with E-state index in [-0.39, 0.29) is 0 Å². The lowest BCUT2D eigenvalue weighted by molar-refractivity contribution is 0.479. The van der Waals surface area contributed by atoms with Crippen LogP contribution in [0.1, 0.15) is 34.8 Å². The van der Waals surface area contributed by atoms with Crippen LogP contribution in [0.15, 0.2) is 24.3 Å². The Morgan fingerprint density at radius 3 is 2.56 bits per heavy atom. The maximum absolute atomic E-state index is 4.62. The van der Waals surface area contributed by atoms with Gasteiger partial charge in [0.15, 0.2) is 0 Å². The number of benzene rings is 1. The molecule has 3 heteroatoms. The minimum atomic E-state index is 0.369. The summed E-state index contributed by atoms with van der Waals surface area (Å²) in [5.74, 6) is 1.14. The molecule has 0 saturated carbocycles. The van der Waals surface area contributed by atoms with Crippen molar-refractivity contribution in [1.29, 1.82) is 0 Å². The summed E-state index contributed by atoms with van der Waals surface area (Å²) in [6, 6.07) is 9.27. The molecule has 1 N–H and O–H groups in total. The molecule has 18 heavy (non-hydrogen) atoms. The zero-order valence-electron chi connectivity index (χ0n) is 11.2. The molecule has 3 nitrogen and oxygen atoms in total. The van der Waals surface area contributed by atoms with E-state index in [9.17, 15) is 0 Å². The second-order valence-corrected chi connectivity index (χ2v) is 5.27. The van der Waals surface area contributed by atoms with E-state index < -0.39 is 0 Å². The summed E-state index contributed by atoms with van der Waals surface area (Å²) in [6.07, 6.45) is 1.09. The molecule has 1 aliphatic rings. The van der Waals surface area contributed by atoms with Crippen LogP contribution in [0.4, 0.5) is 5.82 Å². The second-order valence-electron chi connectivity index (χ2n) is 5.27. The Hall–Kier alpha value is -1.77. The lowest BCUT2D eigenvalue weighted by atomic mass is 9.98. The third kappa shape index (κ3) is 1.90. The molecule has 1 aromatic heterocycles. The highest BCUT2D eigenvalue weighted by atomic mass is 15.4. The van der Waals surface area contributed by atoms with Gasteiger partial charge in [0.2, 0.25) is 0 Å². The Kier molecular flexibility index (Phi) is 2.62. The fourth-order valence-corrected chi connectivity index (χ4v) is 2.86. The van der Waals surface area contributed by atoms with Crippen LogP contribution in [0.5, 0.6) is 0 Å². The zero-order chi connectivity index (χ0) is 12.7. The smallest absolute Gasteiger partial charge is 0.125 e. The summed E-state index contributed by atoms with van der Waals surface area (Å²) in [7, 11) is 0. The zero-order valence-corrected chi connectivity index (χ0v) is 11.2. The molecule has 3 rings (SSSR count). The van der Waals surface area contributed by atoms with Crippen molar-refractivity contribution in [3.8, 4) is 0 Å². The number of fused-ring (bicyclic) bond motifs is 1. The van der Waals surface area contributed by atoms with Gasteiger partial charge < -0.3 is 5.32 Å². The van der Waals surface area contributed by atoms with Gasteiger partial charge in [-0.25, -0.2) is 4.68 Å². The van der Waals surface area contributed by atoms with Crippen LogP contribution in [0.2, 0.25) is 0 Å². The van der Waals surface area contributed by atoms with Crippen LogP contribution < -0.4 is 5.32 Å². The monoisotopic (exact) mass is 241 g/mol. The molecule has 0 spiro atoms. The van der Waals surface area contributed by atoms with Gasteiger partial charge in [0.1, 0.15) is 5.82 Å². The van der Waals surface area contributed by atoms with E-state index in [1.54, 1.807) is 0 Å². The van der Waals surface area contributed by atoms with Crippen LogP contribution in [0.25, 0.3) is 0 Å². The van der Waals surface area contributed by atoms with E-state index in [1.807, 2.05) is 6.92 Å². The average molecular weight is 241 g/mol. The van der Waals surface area contributed by atoms with E-state index in [0.29, 0.717) is 6.04 Å². The van der Waals surface area contributed by atoms with Crippen molar-refractivity contribution in [2.75, 3.05) is 11.9 Å². The number of aryl methyl sites for hydroxylation is 3. The number of aromatic nitrogens is 2. The average Bonchev–Trinajstić information content (AvgIpc) is 2.67. The topological polar surface area (TPSA) is 29.9 Å². The molecule has 1 aromatic carbocycles. The van der Waals surface area contributed by atoms with Crippen molar-refractivity contribution in [3.63, 3.8) is 0 Å². The Balaban J connectivity index is 2.07. The Morgan fingerprint density at radius 2 is 1.83 bits per heavy atom. The number of rotatable bonds is 1. The lowest BCUT2D eigenvalue weighted by Gasteiger charge is -2.26. The first-order valence-electron chi connectivity index (χ1n) is 6.52. The summed E-state index contributed by atoms with van der Waals surface area (Å²) in [4.78, 5) is 0. The van der Waals surface area contributed by atoms with Gasteiger partial charge in [0.25, 0.3) is 0 Å². The summed E-state index contributed by atoms with van der Waals surface area (Å²) in [5.41, 5.74) is 5.11. The first kappa shape index (κ1) is 11.3. The number of nitrogens with zero attached hydrogens (tertiary/aromatic N) is 2. The number of hydrogen-bond donors (Lipinski definition) is 1. The van der Waals surface area contributed by atoms with Gasteiger partial charge >= 0.3 is 0 Å². The van der Waals surface area contributed by atoms with E-state index in [2.05, 4.69) is 53.2 Å². The molecule has 0 radical (unpaired) electrons. The quantitative estimate of drug-likeness (QED) is 0.830. The van der Waals surface area contributed by atoms with Crippen molar-refractivity contribution >= 4 is 5.82 Å². The summed E-state index contributed by atoms with van der Waals surface area (Å²) < 4.78 is 2.13. The van der Waals surface area contributed by atoms with E-state index in [4.69, 9.17) is 0 Å². The summed E-state index contributed by atoms with van der Waals surface area (Å²) >= 11 is 0. The molecule has 0 saturated heterocycles. The van der Waals surface area contributed by atoms with Crippen LogP contribution >= 0.6 is 0 Å². The molecular weight excluding hydrogens is 222 g/mol. The standard InChI is InChI=1S/C15H19N3/c1-10-6-11(2)8-13(7-10)14-4-5-16-15-9-12(3)17-18(14)15/h6-9,14,16H,4-5H2,1-3H3. The summed E-state index contributed by atoms with van der Waals surface area (Å²) in [6.45, 7) is 7.38. The molecule has 2 heterocycles. The highest BCUT2D eigenvalue weighted by Gasteiger charge is 2.22. The maximum Gasteiger partial charge on any atom is 0.125 e. The molecule has 0 aliphatic carbocycles. The predicted molar refractivity (Wildman–Crippen MR) is 74.1 cm³/mol. The molecule has 0 fully saturated rings. The van der Waals surface area contributed by atoms with Crippen molar-refractivity contribution in [1.82, 2.24) is 9.78 Å². The molecule has 0 amide bonds. The third-order valence-electron chi connectivity index (χ3n) is 3.51. The van der Waals surface area contributed by atoms with Gasteiger partial charge in [-0.15, -0.1) is 0 Å². The van der Waals surface area contributed by atoms with E-state index in [1.165, 1.54) is 16.7 Å². The van der Waals surface area contributed by atoms with Gasteiger partial charge in [-0.2, -0.15) is 5.10 Å². The van der Waals surface area contributed by atoms with Crippen LogP contribution in [-0.2, 0) is 0 Å². The van der Waals surface area contributed by atoms with Crippen molar-refractivity contribution in [3.05, 3.63) is 46.6 Å². The predicted octanol–water partition coefficient (Wildman–Crippen LogP) is 3.21. The van der Waals surface area contributed by atoms with Crippen LogP contribution in [0.3, 0.4) is 0 Å². The van der Waals surface area contributed by atoms with Crippen molar-refractivity contribution < 1.29 is 0 Å². The first-order valence-corrected chi connectivity index (χ1v) is 6.52. The number of hydrogen-bond acceptors (Lipinski definition) is 2. The van der Waals surface area contributed by atoms with Crippen molar-refractivity contribution in [2.24, 2.45) is 0 Å². The molecule has 1 atom stereocenters.